The molecule has 2 rings (SSSR count). The Balaban J connectivity index is 1.92. The Labute approximate surface area is 135 Å². The van der Waals surface area contributed by atoms with Crippen molar-refractivity contribution in [3.8, 4) is 0 Å². The summed E-state index contributed by atoms with van der Waals surface area (Å²) in [6, 6.07) is 14.9. The number of ether oxygens (including phenoxy) is 1. The fourth-order valence-corrected chi connectivity index (χ4v) is 2.74. The van der Waals surface area contributed by atoms with E-state index in [0.29, 0.717) is 12.7 Å². The first-order chi connectivity index (χ1) is 10.7. The Morgan fingerprint density at radius 2 is 1.82 bits per heavy atom. The maximum absolute atomic E-state index is 6.07. The third-order valence-corrected chi connectivity index (χ3v) is 4.24. The Hall–Kier alpha value is -1.60. The van der Waals surface area contributed by atoms with Gasteiger partial charge in [0.15, 0.2) is 0 Å². The lowest BCUT2D eigenvalue weighted by atomic mass is 10.0. The second-order valence-electron chi connectivity index (χ2n) is 6.00. The first-order valence-electron chi connectivity index (χ1n) is 8.53. The van der Waals surface area contributed by atoms with Crippen molar-refractivity contribution in [1.29, 1.82) is 0 Å². The van der Waals surface area contributed by atoms with Gasteiger partial charge in [-0.25, -0.2) is 0 Å². The summed E-state index contributed by atoms with van der Waals surface area (Å²) in [5.74, 6) is 0. The molecule has 0 fully saturated rings. The molecule has 0 saturated carbocycles. The normalized spacial score (nSPS) is 12.5. The van der Waals surface area contributed by atoms with E-state index in [-0.39, 0.29) is 0 Å². The van der Waals surface area contributed by atoms with Crippen LogP contribution in [0.1, 0.15) is 51.5 Å². The molecule has 0 unspecified atom stereocenters. The van der Waals surface area contributed by atoms with E-state index in [1.165, 1.54) is 35.6 Å². The van der Waals surface area contributed by atoms with E-state index >= 15 is 0 Å². The van der Waals surface area contributed by atoms with Gasteiger partial charge in [-0.1, -0.05) is 76.1 Å². The van der Waals surface area contributed by atoms with Crippen molar-refractivity contribution in [2.45, 2.75) is 52.1 Å². The minimum absolute atomic E-state index is 0.365. The van der Waals surface area contributed by atoms with Gasteiger partial charge in [-0.2, -0.15) is 0 Å². The molecule has 1 nitrogen and oxygen atoms in total. The maximum atomic E-state index is 6.07. The zero-order valence-corrected chi connectivity index (χ0v) is 14.0. The molecule has 0 N–H and O–H groups in total. The van der Waals surface area contributed by atoms with Crippen molar-refractivity contribution < 1.29 is 4.74 Å². The molecule has 22 heavy (non-hydrogen) atoms. The third-order valence-electron chi connectivity index (χ3n) is 4.24. The first kappa shape index (κ1) is 16.8. The molecule has 0 bridgehead atoms. The molecule has 0 aromatic heterocycles. The molecule has 0 heterocycles. The summed E-state index contributed by atoms with van der Waals surface area (Å²) in [5, 5.41) is 2.53. The van der Waals surface area contributed by atoms with Crippen LogP contribution in [0.25, 0.3) is 16.3 Å². The predicted octanol–water partition coefficient (Wildman–Crippen LogP) is 6.23. The van der Waals surface area contributed by atoms with Crippen LogP contribution in [0.15, 0.2) is 49.0 Å². The average Bonchev–Trinajstić information content (AvgIpc) is 2.57. The summed E-state index contributed by atoms with van der Waals surface area (Å²) in [6.07, 6.45) is 6.43. The second-order valence-corrected chi connectivity index (χ2v) is 6.00. The van der Waals surface area contributed by atoms with Crippen LogP contribution in [0.5, 0.6) is 0 Å². The number of fused-ring (bicyclic) bond motifs is 1. The number of unbranched alkanes of at least 4 members (excludes halogenated alkanes) is 2. The standard InChI is InChI=1S/C21H28O/c1-4-6-7-12-21(5-2)22-16-17(3)19-14-13-18-10-8-9-11-20(18)15-19/h8-11,13-15,21H,3-7,12,16H2,1-2H3/t21-/m0/s1. The van der Waals surface area contributed by atoms with Crippen LogP contribution in [0.4, 0.5) is 0 Å². The largest absolute Gasteiger partial charge is 0.374 e. The van der Waals surface area contributed by atoms with Gasteiger partial charge < -0.3 is 4.74 Å². The van der Waals surface area contributed by atoms with Gasteiger partial charge in [0.05, 0.1) is 12.7 Å². The highest BCUT2D eigenvalue weighted by Crippen LogP contribution is 2.21. The first-order valence-corrected chi connectivity index (χ1v) is 8.53. The molecule has 0 aliphatic heterocycles. The van der Waals surface area contributed by atoms with Crippen LogP contribution in [0, 0.1) is 0 Å². The van der Waals surface area contributed by atoms with Gasteiger partial charge in [0.2, 0.25) is 0 Å². The number of hydrogen-bond acceptors (Lipinski definition) is 1. The lowest BCUT2D eigenvalue weighted by Crippen LogP contribution is -2.13. The van der Waals surface area contributed by atoms with Gasteiger partial charge in [0.1, 0.15) is 0 Å². The van der Waals surface area contributed by atoms with Crippen molar-refractivity contribution in [3.63, 3.8) is 0 Å². The van der Waals surface area contributed by atoms with Crippen LogP contribution >= 0.6 is 0 Å². The van der Waals surface area contributed by atoms with Gasteiger partial charge in [0, 0.05) is 0 Å². The molecule has 1 heteroatoms. The van der Waals surface area contributed by atoms with Crippen LogP contribution in [-0.2, 0) is 4.74 Å². The van der Waals surface area contributed by atoms with Crippen molar-refractivity contribution in [1.82, 2.24) is 0 Å². The molecule has 0 radical (unpaired) electrons. The minimum atomic E-state index is 0.365. The monoisotopic (exact) mass is 296 g/mol. The summed E-state index contributed by atoms with van der Waals surface area (Å²) < 4.78 is 6.07. The Kier molecular flexibility index (Phi) is 6.67. The average molecular weight is 296 g/mol. The predicted molar refractivity (Wildman–Crippen MR) is 97.2 cm³/mol. The minimum Gasteiger partial charge on any atom is -0.374 e. The van der Waals surface area contributed by atoms with Gasteiger partial charge in [0.25, 0.3) is 0 Å². The molecular weight excluding hydrogens is 268 g/mol. The molecule has 2 aromatic rings. The number of rotatable bonds is 9. The van der Waals surface area contributed by atoms with Gasteiger partial charge in [-0.15, -0.1) is 0 Å². The van der Waals surface area contributed by atoms with Crippen LogP contribution < -0.4 is 0 Å². The zero-order valence-electron chi connectivity index (χ0n) is 14.0. The molecular formula is C21H28O. The van der Waals surface area contributed by atoms with Gasteiger partial charge in [-0.05, 0) is 40.8 Å². The third kappa shape index (κ3) is 4.71. The maximum Gasteiger partial charge on any atom is 0.0720 e. The van der Waals surface area contributed by atoms with Crippen LogP contribution in [-0.4, -0.2) is 12.7 Å². The van der Waals surface area contributed by atoms with Crippen molar-refractivity contribution in [3.05, 3.63) is 54.6 Å². The van der Waals surface area contributed by atoms with E-state index < -0.39 is 0 Å². The van der Waals surface area contributed by atoms with E-state index in [2.05, 4.69) is 62.9 Å². The van der Waals surface area contributed by atoms with Gasteiger partial charge >= 0.3 is 0 Å². The molecule has 0 aliphatic carbocycles. The highest BCUT2D eigenvalue weighted by Gasteiger charge is 2.08. The Bertz CT molecular complexity index is 600. The van der Waals surface area contributed by atoms with Crippen molar-refractivity contribution >= 4 is 16.3 Å². The molecule has 1 atom stereocenters. The molecule has 0 spiro atoms. The highest BCUT2D eigenvalue weighted by molar-refractivity contribution is 5.86. The van der Waals surface area contributed by atoms with Crippen LogP contribution in [0.3, 0.4) is 0 Å². The summed E-state index contributed by atoms with van der Waals surface area (Å²) in [6.45, 7) is 9.28. The summed E-state index contributed by atoms with van der Waals surface area (Å²) >= 11 is 0. The molecule has 0 saturated heterocycles. The van der Waals surface area contributed by atoms with Crippen LogP contribution in [0.2, 0.25) is 0 Å². The molecule has 0 aliphatic rings. The fraction of sp³-hybridized carbons (Fsp3) is 0.429. The van der Waals surface area contributed by atoms with E-state index in [1.807, 2.05) is 0 Å². The molecule has 0 amide bonds. The second kappa shape index (κ2) is 8.75. The SMILES string of the molecule is C=C(CO[C@@H](CC)CCCCC)c1ccc2ccccc2c1. The fourth-order valence-electron chi connectivity index (χ4n) is 2.74. The summed E-state index contributed by atoms with van der Waals surface area (Å²) in [4.78, 5) is 0. The van der Waals surface area contributed by atoms with Crippen molar-refractivity contribution in [2.24, 2.45) is 0 Å². The molecule has 2 aromatic carbocycles. The van der Waals surface area contributed by atoms with E-state index in [1.54, 1.807) is 0 Å². The Morgan fingerprint density at radius 3 is 2.55 bits per heavy atom. The van der Waals surface area contributed by atoms with E-state index in [0.717, 1.165) is 18.4 Å². The number of hydrogen-bond donors (Lipinski definition) is 0. The van der Waals surface area contributed by atoms with Crippen molar-refractivity contribution in [2.75, 3.05) is 6.61 Å². The summed E-state index contributed by atoms with van der Waals surface area (Å²) in [5.41, 5.74) is 2.25. The number of benzene rings is 2. The zero-order chi connectivity index (χ0) is 15.8. The smallest absolute Gasteiger partial charge is 0.0720 e. The van der Waals surface area contributed by atoms with E-state index in [9.17, 15) is 0 Å². The lowest BCUT2D eigenvalue weighted by molar-refractivity contribution is 0.0668. The summed E-state index contributed by atoms with van der Waals surface area (Å²) in [7, 11) is 0. The highest BCUT2D eigenvalue weighted by atomic mass is 16.5. The lowest BCUT2D eigenvalue weighted by Gasteiger charge is -2.17. The quantitative estimate of drug-likeness (QED) is 0.498. The Morgan fingerprint density at radius 1 is 1.05 bits per heavy atom. The topological polar surface area (TPSA) is 9.23 Å². The van der Waals surface area contributed by atoms with E-state index in [4.69, 9.17) is 4.74 Å². The van der Waals surface area contributed by atoms with Gasteiger partial charge in [-0.3, -0.25) is 0 Å². The molecule has 118 valence electrons.